The lowest BCUT2D eigenvalue weighted by Crippen LogP contribution is -1.92. The van der Waals surface area contributed by atoms with Gasteiger partial charge in [0.25, 0.3) is 0 Å². The molecule has 0 aromatic heterocycles. The maximum Gasteiger partial charge on any atom is 0.161 e. The molecule has 0 atom stereocenters. The first-order valence-electron chi connectivity index (χ1n) is 8.17. The van der Waals surface area contributed by atoms with Gasteiger partial charge in [-0.1, -0.05) is 36.4 Å². The zero-order valence-corrected chi connectivity index (χ0v) is 15.3. The molecule has 138 valence electrons. The van der Waals surface area contributed by atoms with Gasteiger partial charge < -0.3 is 24.1 Å². The van der Waals surface area contributed by atoms with Gasteiger partial charge in [0.1, 0.15) is 0 Å². The molecule has 5 heteroatoms. The van der Waals surface area contributed by atoms with Gasteiger partial charge in [-0.15, -0.1) is 0 Å². The average Bonchev–Trinajstić information content (AvgIpc) is 2.68. The van der Waals surface area contributed by atoms with Crippen LogP contribution in [0.4, 0.5) is 0 Å². The number of rotatable bonds is 9. The summed E-state index contributed by atoms with van der Waals surface area (Å²) in [6, 6.07) is 10.9. The smallest absolute Gasteiger partial charge is 0.161 e. The van der Waals surface area contributed by atoms with Gasteiger partial charge in [-0.05, 0) is 35.4 Å². The van der Waals surface area contributed by atoms with Crippen LogP contribution in [0.25, 0.3) is 12.2 Å². The zero-order chi connectivity index (χ0) is 18.8. The Bertz CT molecular complexity index is 765. The van der Waals surface area contributed by atoms with Crippen LogP contribution in [0.2, 0.25) is 0 Å². The minimum atomic E-state index is 0.126. The highest BCUT2D eigenvalue weighted by atomic mass is 16.5. The van der Waals surface area contributed by atoms with E-state index >= 15 is 0 Å². The number of aromatic hydroxyl groups is 1. The number of methoxy groups -OCH3 is 3. The summed E-state index contributed by atoms with van der Waals surface area (Å²) in [6.45, 7) is 0.983. The summed E-state index contributed by atoms with van der Waals surface area (Å²) in [7, 11) is 4.75. The third-order valence-electron chi connectivity index (χ3n) is 3.66. The predicted octanol–water partition coefficient (Wildman–Crippen LogP) is 4.16. The van der Waals surface area contributed by atoms with Crippen LogP contribution in [0.3, 0.4) is 0 Å². The average molecular weight is 356 g/mol. The second-order valence-corrected chi connectivity index (χ2v) is 5.39. The SMILES string of the molecule is COc1cc(/C=C/COC/C=C/c2ccc(OC)c(OC)c2)ccc1O. The number of phenolic OH excluding ortho intramolecular Hbond substituents is 1. The van der Waals surface area contributed by atoms with Crippen LogP contribution in [-0.2, 0) is 4.74 Å². The minimum Gasteiger partial charge on any atom is -0.504 e. The standard InChI is InChI=1S/C21H24O5/c1-23-19-11-9-17(15-21(19)25-3)7-5-13-26-12-4-6-16-8-10-18(22)20(14-16)24-2/h4-11,14-15,22H,12-13H2,1-3H3/b6-4+,7-5+. The van der Waals surface area contributed by atoms with E-state index in [9.17, 15) is 5.11 Å². The molecule has 1 N–H and O–H groups in total. The fourth-order valence-electron chi connectivity index (χ4n) is 2.33. The van der Waals surface area contributed by atoms with E-state index in [-0.39, 0.29) is 5.75 Å². The van der Waals surface area contributed by atoms with Crippen LogP contribution in [0.5, 0.6) is 23.0 Å². The molecule has 0 heterocycles. The van der Waals surface area contributed by atoms with Crippen LogP contribution >= 0.6 is 0 Å². The zero-order valence-electron chi connectivity index (χ0n) is 15.3. The Balaban J connectivity index is 1.79. The van der Waals surface area contributed by atoms with Crippen LogP contribution in [0, 0.1) is 0 Å². The number of hydrogen-bond acceptors (Lipinski definition) is 5. The lowest BCUT2D eigenvalue weighted by molar-refractivity contribution is 0.195. The van der Waals surface area contributed by atoms with Gasteiger partial charge in [0.05, 0.1) is 34.5 Å². The molecule has 0 saturated carbocycles. The molecule has 0 bridgehead atoms. The van der Waals surface area contributed by atoms with Crippen molar-refractivity contribution in [3.63, 3.8) is 0 Å². The van der Waals surface area contributed by atoms with E-state index in [0.717, 1.165) is 11.1 Å². The van der Waals surface area contributed by atoms with Crippen molar-refractivity contribution in [1.29, 1.82) is 0 Å². The molecule has 0 aliphatic heterocycles. The van der Waals surface area contributed by atoms with Crippen LogP contribution in [-0.4, -0.2) is 39.6 Å². The lowest BCUT2D eigenvalue weighted by Gasteiger charge is -2.07. The van der Waals surface area contributed by atoms with Gasteiger partial charge in [0, 0.05) is 0 Å². The van der Waals surface area contributed by atoms with E-state index in [1.54, 1.807) is 26.4 Å². The number of ether oxygens (including phenoxy) is 4. The Hall–Kier alpha value is -2.92. The van der Waals surface area contributed by atoms with E-state index < -0.39 is 0 Å². The highest BCUT2D eigenvalue weighted by Gasteiger charge is 2.02. The topological polar surface area (TPSA) is 57.2 Å². The van der Waals surface area contributed by atoms with Crippen molar-refractivity contribution in [1.82, 2.24) is 0 Å². The Kier molecular flexibility index (Phi) is 7.58. The molecule has 2 rings (SSSR count). The van der Waals surface area contributed by atoms with E-state index in [2.05, 4.69) is 0 Å². The van der Waals surface area contributed by atoms with Gasteiger partial charge in [-0.2, -0.15) is 0 Å². The molecule has 2 aromatic rings. The van der Waals surface area contributed by atoms with Crippen LogP contribution in [0.1, 0.15) is 11.1 Å². The first-order chi connectivity index (χ1) is 12.7. The molecular weight excluding hydrogens is 332 g/mol. The van der Waals surface area contributed by atoms with Gasteiger partial charge in [-0.3, -0.25) is 0 Å². The van der Waals surface area contributed by atoms with Crippen molar-refractivity contribution in [3.8, 4) is 23.0 Å². The molecule has 5 nitrogen and oxygen atoms in total. The van der Waals surface area contributed by atoms with Gasteiger partial charge >= 0.3 is 0 Å². The van der Waals surface area contributed by atoms with E-state index in [0.29, 0.717) is 30.5 Å². The molecule has 0 fully saturated rings. The van der Waals surface area contributed by atoms with Crippen molar-refractivity contribution in [2.24, 2.45) is 0 Å². The quantitative estimate of drug-likeness (QED) is 0.684. The van der Waals surface area contributed by atoms with Gasteiger partial charge in [0.2, 0.25) is 0 Å². The minimum absolute atomic E-state index is 0.126. The largest absolute Gasteiger partial charge is 0.504 e. The molecule has 0 aliphatic rings. The predicted molar refractivity (Wildman–Crippen MR) is 103 cm³/mol. The first-order valence-corrected chi connectivity index (χ1v) is 8.17. The van der Waals surface area contributed by atoms with Gasteiger partial charge in [0.15, 0.2) is 23.0 Å². The molecule has 0 aliphatic carbocycles. The normalized spacial score (nSPS) is 11.2. The van der Waals surface area contributed by atoms with Crippen molar-refractivity contribution < 1.29 is 24.1 Å². The van der Waals surface area contributed by atoms with Crippen molar-refractivity contribution in [2.75, 3.05) is 34.5 Å². The molecule has 0 spiro atoms. The second-order valence-electron chi connectivity index (χ2n) is 5.39. The van der Waals surface area contributed by atoms with Crippen molar-refractivity contribution in [2.45, 2.75) is 0 Å². The summed E-state index contributed by atoms with van der Waals surface area (Å²) < 4.78 is 21.1. The summed E-state index contributed by atoms with van der Waals surface area (Å²) in [5.74, 6) is 1.98. The fourth-order valence-corrected chi connectivity index (χ4v) is 2.33. The molecular formula is C21H24O5. The third kappa shape index (κ3) is 5.57. The van der Waals surface area contributed by atoms with E-state index in [1.165, 1.54) is 7.11 Å². The van der Waals surface area contributed by atoms with Crippen molar-refractivity contribution in [3.05, 3.63) is 59.7 Å². The number of benzene rings is 2. The molecule has 0 radical (unpaired) electrons. The second kappa shape index (κ2) is 10.2. The van der Waals surface area contributed by atoms with Gasteiger partial charge in [-0.25, -0.2) is 0 Å². The van der Waals surface area contributed by atoms with Crippen molar-refractivity contribution >= 4 is 12.2 Å². The maximum absolute atomic E-state index is 9.56. The summed E-state index contributed by atoms with van der Waals surface area (Å²) in [4.78, 5) is 0. The van der Waals surface area contributed by atoms with E-state index in [1.807, 2.05) is 48.6 Å². The molecule has 2 aromatic carbocycles. The summed E-state index contributed by atoms with van der Waals surface area (Å²) in [5.41, 5.74) is 1.95. The number of hydrogen-bond donors (Lipinski definition) is 1. The molecule has 26 heavy (non-hydrogen) atoms. The summed E-state index contributed by atoms with van der Waals surface area (Å²) in [6.07, 6.45) is 7.74. The first kappa shape index (κ1) is 19.4. The van der Waals surface area contributed by atoms with E-state index in [4.69, 9.17) is 18.9 Å². The Morgan fingerprint density at radius 2 is 1.27 bits per heavy atom. The molecule has 0 amide bonds. The summed E-state index contributed by atoms with van der Waals surface area (Å²) >= 11 is 0. The summed E-state index contributed by atoms with van der Waals surface area (Å²) in [5, 5.41) is 9.56. The fraction of sp³-hybridized carbons (Fsp3) is 0.238. The Labute approximate surface area is 154 Å². The Morgan fingerprint density at radius 1 is 0.731 bits per heavy atom. The molecule has 0 saturated heterocycles. The lowest BCUT2D eigenvalue weighted by atomic mass is 10.2. The monoisotopic (exact) mass is 356 g/mol. The highest BCUT2D eigenvalue weighted by molar-refractivity contribution is 5.56. The van der Waals surface area contributed by atoms with Crippen LogP contribution in [0.15, 0.2) is 48.6 Å². The molecule has 0 unspecified atom stereocenters. The number of phenols is 1. The maximum atomic E-state index is 9.56. The Morgan fingerprint density at radius 3 is 1.85 bits per heavy atom. The third-order valence-corrected chi connectivity index (χ3v) is 3.66. The highest BCUT2D eigenvalue weighted by Crippen LogP contribution is 2.28. The van der Waals surface area contributed by atoms with Crippen LogP contribution < -0.4 is 14.2 Å².